The third-order valence-electron chi connectivity index (χ3n) is 13.9. The number of carboxylic acid groups (broad SMARTS) is 1. The monoisotopic (exact) mass is 945 g/mol. The molecule has 0 spiro atoms. The predicted molar refractivity (Wildman–Crippen MR) is 268 cm³/mol. The highest BCUT2D eigenvalue weighted by Crippen LogP contribution is 2.35. The molecule has 15 nitrogen and oxygen atoms in total. The fraction of sp³-hybridized carbons (Fsp3) is 0.340. The molecule has 0 aliphatic carbocycles. The Morgan fingerprint density at radius 1 is 0.913 bits per heavy atom. The van der Waals surface area contributed by atoms with Crippen molar-refractivity contribution in [2.45, 2.75) is 64.3 Å². The number of aryl methyl sites for hydroxylation is 2. The van der Waals surface area contributed by atoms with Gasteiger partial charge in [-0.2, -0.15) is 5.10 Å². The molecule has 7 aromatic rings. The highest BCUT2D eigenvalue weighted by molar-refractivity contribution is 7.22. The third kappa shape index (κ3) is 9.90. The zero-order chi connectivity index (χ0) is 47.6. The Morgan fingerprint density at radius 2 is 1.75 bits per heavy atom. The number of likely N-dealkylation sites (tertiary alicyclic amines) is 1. The Kier molecular flexibility index (Phi) is 13.1. The molecule has 6 heterocycles. The molecule has 69 heavy (non-hydrogen) atoms. The number of fused-ring (bicyclic) bond motifs is 3. The van der Waals surface area contributed by atoms with E-state index in [1.54, 1.807) is 0 Å². The number of nitrogens with one attached hydrogen (secondary N) is 3. The first-order valence-corrected chi connectivity index (χ1v) is 24.6. The second-order valence-corrected chi connectivity index (χ2v) is 19.4. The first-order valence-electron chi connectivity index (χ1n) is 23.8. The molecule has 3 amide bonds. The van der Waals surface area contributed by atoms with E-state index in [0.29, 0.717) is 67.0 Å². The minimum Gasteiger partial charge on any atom is -0.494 e. The zero-order valence-electron chi connectivity index (χ0n) is 38.8. The lowest BCUT2D eigenvalue weighted by Crippen LogP contribution is -2.39. The molecule has 1 atom stereocenters. The van der Waals surface area contributed by atoms with Crippen molar-refractivity contribution >= 4 is 72.8 Å². The largest absolute Gasteiger partial charge is 0.494 e. The van der Waals surface area contributed by atoms with Crippen LogP contribution in [0.4, 0.5) is 16.6 Å². The highest BCUT2D eigenvalue weighted by atomic mass is 32.1. The molecule has 2 fully saturated rings. The van der Waals surface area contributed by atoms with Gasteiger partial charge >= 0.3 is 5.97 Å². The number of rotatable bonds is 15. The number of piperidine rings is 2. The molecule has 3 aliphatic heterocycles. The number of aromatic nitrogens is 4. The molecule has 1 unspecified atom stereocenters. The number of aromatic carboxylic acids is 1. The topological polar surface area (TPSA) is 184 Å². The second kappa shape index (κ2) is 19.8. The number of anilines is 3. The Labute approximate surface area is 403 Å². The number of nitrogens with zero attached hydrogens (tertiary/aromatic N) is 6. The summed E-state index contributed by atoms with van der Waals surface area (Å²) in [5.74, 6) is -0.288. The SMILES string of the molecule is Cc1cc(OCCCC2CCN(CCNc3ccc4c(C5CCC(=O)NC5=O)nn(C)c4c3)CC2)ccc1-c1ccc(N2CCc3cccc(C(=O)Nc4nc5ccccc5s4)c3C2)nc1C(=O)O. The standard InChI is InChI=1S/C53H55N9O6S/c1-32-29-36(68-28-6-7-33-20-24-61(25-21-33)27-23-54-35-12-14-40-44(30-35)60(2)59-48(40)41-17-19-47(63)57-51(41)65)13-15-37(32)38-16-18-46(56-49(38)52(66)67)62-26-22-34-8-5-9-39(42(34)31-62)50(64)58-53-55-43-10-3-4-11-45(43)69-53/h3-5,8-16,18,29-30,33,41,54H,6-7,17,19-28,31H2,1-2H3,(H,66,67)(H,55,58,64)(H,57,63,65). The van der Waals surface area contributed by atoms with Gasteiger partial charge in [-0.15, -0.1) is 0 Å². The van der Waals surface area contributed by atoms with Crippen LogP contribution in [0.5, 0.6) is 5.75 Å². The quantitative estimate of drug-likeness (QED) is 0.0568. The smallest absolute Gasteiger partial charge is 0.355 e. The van der Waals surface area contributed by atoms with E-state index in [1.165, 1.54) is 11.3 Å². The van der Waals surface area contributed by atoms with E-state index in [0.717, 1.165) is 112 Å². The molecule has 0 bridgehead atoms. The van der Waals surface area contributed by atoms with Crippen molar-refractivity contribution < 1.29 is 29.0 Å². The van der Waals surface area contributed by atoms with Gasteiger partial charge in [0.1, 0.15) is 11.6 Å². The summed E-state index contributed by atoms with van der Waals surface area (Å²) >= 11 is 1.43. The molecule has 2 saturated heterocycles. The van der Waals surface area contributed by atoms with Gasteiger partial charge in [-0.05, 0) is 147 Å². The van der Waals surface area contributed by atoms with Gasteiger partial charge in [0.05, 0.1) is 34.0 Å². The van der Waals surface area contributed by atoms with Gasteiger partial charge in [-0.1, -0.05) is 41.7 Å². The number of ether oxygens (including phenoxy) is 1. The number of hydrogen-bond donors (Lipinski definition) is 4. The summed E-state index contributed by atoms with van der Waals surface area (Å²) < 4.78 is 9.03. The summed E-state index contributed by atoms with van der Waals surface area (Å²) in [7, 11) is 1.89. The number of benzene rings is 4. The van der Waals surface area contributed by atoms with Crippen LogP contribution in [-0.2, 0) is 29.6 Å². The number of thiazole rings is 1. The maximum atomic E-state index is 13.6. The van der Waals surface area contributed by atoms with E-state index in [2.05, 4.69) is 37.0 Å². The molecule has 0 saturated carbocycles. The van der Waals surface area contributed by atoms with Crippen molar-refractivity contribution in [3.63, 3.8) is 0 Å². The lowest BCUT2D eigenvalue weighted by atomic mass is 9.92. The molecule has 3 aromatic heterocycles. The lowest BCUT2D eigenvalue weighted by Gasteiger charge is -2.32. The number of amides is 3. The maximum Gasteiger partial charge on any atom is 0.355 e. The second-order valence-electron chi connectivity index (χ2n) is 18.4. The molecule has 354 valence electrons. The van der Waals surface area contributed by atoms with Crippen molar-refractivity contribution in [3.8, 4) is 16.9 Å². The first kappa shape index (κ1) is 45.6. The third-order valence-corrected chi connectivity index (χ3v) is 14.8. The van der Waals surface area contributed by atoms with Crippen molar-refractivity contribution in [1.82, 2.24) is 30.0 Å². The Morgan fingerprint density at radius 3 is 2.57 bits per heavy atom. The average Bonchev–Trinajstić information content (AvgIpc) is 3.92. The van der Waals surface area contributed by atoms with Crippen LogP contribution in [0, 0.1) is 12.8 Å². The number of hydrogen-bond acceptors (Lipinski definition) is 12. The molecule has 4 N–H and O–H groups in total. The summed E-state index contributed by atoms with van der Waals surface area (Å²) in [6, 6.07) is 29.2. The van der Waals surface area contributed by atoms with Crippen LogP contribution >= 0.6 is 11.3 Å². The molecule has 4 aromatic carbocycles. The van der Waals surface area contributed by atoms with Gasteiger partial charge in [-0.3, -0.25) is 29.7 Å². The van der Waals surface area contributed by atoms with Gasteiger partial charge in [-0.25, -0.2) is 14.8 Å². The minimum atomic E-state index is -1.11. The van der Waals surface area contributed by atoms with Crippen LogP contribution in [0.1, 0.15) is 87.7 Å². The number of imide groups is 1. The average molecular weight is 946 g/mol. The van der Waals surface area contributed by atoms with E-state index in [4.69, 9.17) is 9.72 Å². The fourth-order valence-corrected chi connectivity index (χ4v) is 11.0. The molecule has 16 heteroatoms. The normalized spacial score (nSPS) is 16.7. The summed E-state index contributed by atoms with van der Waals surface area (Å²) in [5, 5.41) is 25.6. The lowest BCUT2D eigenvalue weighted by molar-refractivity contribution is -0.134. The number of carbonyl (C=O) groups is 4. The highest BCUT2D eigenvalue weighted by Gasteiger charge is 2.32. The van der Waals surface area contributed by atoms with Crippen LogP contribution in [0.3, 0.4) is 0 Å². The van der Waals surface area contributed by atoms with Gasteiger partial charge < -0.3 is 25.0 Å². The number of para-hydroxylation sites is 1. The minimum absolute atomic E-state index is 0.0228. The van der Waals surface area contributed by atoms with E-state index in [-0.39, 0.29) is 23.4 Å². The van der Waals surface area contributed by atoms with E-state index < -0.39 is 11.9 Å². The van der Waals surface area contributed by atoms with Crippen molar-refractivity contribution in [1.29, 1.82) is 0 Å². The van der Waals surface area contributed by atoms with Crippen molar-refractivity contribution in [3.05, 3.63) is 125 Å². The van der Waals surface area contributed by atoms with Crippen molar-refractivity contribution in [2.24, 2.45) is 13.0 Å². The summed E-state index contributed by atoms with van der Waals surface area (Å²) in [5.41, 5.74) is 8.27. The van der Waals surface area contributed by atoms with Gasteiger partial charge in [0, 0.05) is 61.8 Å². The van der Waals surface area contributed by atoms with Crippen LogP contribution < -0.4 is 25.6 Å². The Balaban J connectivity index is 0.685. The number of carbonyl (C=O) groups excluding carboxylic acids is 3. The Hall–Kier alpha value is -7.17. The van der Waals surface area contributed by atoms with Crippen LogP contribution in [0.2, 0.25) is 0 Å². The van der Waals surface area contributed by atoms with E-state index in [1.807, 2.05) is 108 Å². The van der Waals surface area contributed by atoms with Gasteiger partial charge in [0.2, 0.25) is 11.8 Å². The molecule has 3 aliphatic rings. The number of pyridine rings is 1. The number of carboxylic acids is 1. The fourth-order valence-electron chi connectivity index (χ4n) is 10.1. The zero-order valence-corrected chi connectivity index (χ0v) is 39.6. The van der Waals surface area contributed by atoms with E-state index >= 15 is 0 Å². The molecule has 0 radical (unpaired) electrons. The van der Waals surface area contributed by atoms with Crippen molar-refractivity contribution in [2.75, 3.05) is 54.9 Å². The summed E-state index contributed by atoms with van der Waals surface area (Å²) in [6.07, 6.45) is 5.87. The van der Waals surface area contributed by atoms with Gasteiger partial charge in [0.15, 0.2) is 10.8 Å². The summed E-state index contributed by atoms with van der Waals surface area (Å²) in [6.45, 7) is 7.53. The molecular weight excluding hydrogens is 891 g/mol. The first-order chi connectivity index (χ1) is 33.5. The van der Waals surface area contributed by atoms with Crippen LogP contribution in [0.25, 0.3) is 32.2 Å². The Bertz CT molecular complexity index is 3070. The summed E-state index contributed by atoms with van der Waals surface area (Å²) in [4.78, 5) is 64.3. The van der Waals surface area contributed by atoms with E-state index in [9.17, 15) is 24.3 Å². The maximum absolute atomic E-state index is 13.6. The predicted octanol–water partition coefficient (Wildman–Crippen LogP) is 8.57. The molecular formula is C53H55N9O6S. The van der Waals surface area contributed by atoms with Crippen LogP contribution in [0.15, 0.2) is 91.0 Å². The van der Waals surface area contributed by atoms with Crippen LogP contribution in [-0.4, -0.2) is 92.8 Å². The van der Waals surface area contributed by atoms with Gasteiger partial charge in [0.25, 0.3) is 5.91 Å². The molecule has 10 rings (SSSR count).